The number of halogens is 3. The van der Waals surface area contributed by atoms with Gasteiger partial charge < -0.3 is 9.84 Å². The Hall–Kier alpha value is -1.76. The van der Waals surface area contributed by atoms with Crippen LogP contribution in [0.15, 0.2) is 24.3 Å². The molecule has 0 saturated carbocycles. The van der Waals surface area contributed by atoms with Gasteiger partial charge in [-0.25, -0.2) is 0 Å². The molecule has 1 unspecified atom stereocenters. The average molecular weight is 291 g/mol. The van der Waals surface area contributed by atoms with Gasteiger partial charge in [-0.1, -0.05) is 25.1 Å². The topological polar surface area (TPSA) is 49.8 Å². The average Bonchev–Trinajstić information content (AvgIpc) is 2.30. The fraction of sp³-hybridized carbons (Fsp3) is 0.462. The molecular formula is C13H16F3NO3. The molecule has 1 aromatic rings. The summed E-state index contributed by atoms with van der Waals surface area (Å²) in [5, 5.41) is 9.02. The van der Waals surface area contributed by atoms with Crippen LogP contribution in [-0.4, -0.2) is 35.4 Å². The number of para-hydroxylation sites is 1. The highest BCUT2D eigenvalue weighted by atomic mass is 19.4. The summed E-state index contributed by atoms with van der Waals surface area (Å²) in [6.07, 6.45) is -4.42. The van der Waals surface area contributed by atoms with Gasteiger partial charge in [0.25, 0.3) is 0 Å². The van der Waals surface area contributed by atoms with E-state index in [2.05, 4.69) is 4.74 Å². The molecule has 0 heterocycles. The summed E-state index contributed by atoms with van der Waals surface area (Å²) in [4.78, 5) is 12.5. The predicted octanol–water partition coefficient (Wildman–Crippen LogP) is 2.88. The lowest BCUT2D eigenvalue weighted by molar-refractivity contribution is -0.275. The molecule has 0 aliphatic carbocycles. The Kier molecular flexibility index (Phi) is 5.38. The fourth-order valence-corrected chi connectivity index (χ4v) is 1.91. The zero-order chi connectivity index (χ0) is 15.3. The fourth-order valence-electron chi connectivity index (χ4n) is 1.91. The second-order valence-corrected chi connectivity index (χ2v) is 4.33. The lowest BCUT2D eigenvalue weighted by Gasteiger charge is -2.24. The van der Waals surface area contributed by atoms with E-state index in [-0.39, 0.29) is 17.9 Å². The molecule has 1 atom stereocenters. The number of hydrogen-bond acceptors (Lipinski definition) is 3. The first-order valence-corrected chi connectivity index (χ1v) is 6.01. The number of hydrogen-bond donors (Lipinski definition) is 1. The molecule has 1 aromatic carbocycles. The molecule has 0 radical (unpaired) electrons. The summed E-state index contributed by atoms with van der Waals surface area (Å²) in [6.45, 7) is 1.75. The number of nitrogens with zero attached hydrogens (tertiary/aromatic N) is 1. The standard InChI is InChI=1S/C13H16F3NO3/c1-3-10(12(18)19)17(2)8-9-6-4-5-7-11(9)20-13(14,15)16/h4-7,10H,3,8H2,1-2H3,(H,18,19). The molecule has 1 N–H and O–H groups in total. The van der Waals surface area contributed by atoms with Crippen molar-refractivity contribution in [1.29, 1.82) is 0 Å². The quantitative estimate of drug-likeness (QED) is 0.875. The Morgan fingerprint density at radius 2 is 2.00 bits per heavy atom. The molecule has 0 aliphatic rings. The Labute approximate surface area is 114 Å². The van der Waals surface area contributed by atoms with Crippen LogP contribution in [0.4, 0.5) is 13.2 Å². The molecule has 0 spiro atoms. The van der Waals surface area contributed by atoms with Crippen LogP contribution in [-0.2, 0) is 11.3 Å². The number of alkyl halides is 3. The van der Waals surface area contributed by atoms with Gasteiger partial charge >= 0.3 is 12.3 Å². The summed E-state index contributed by atoms with van der Waals surface area (Å²) in [5.74, 6) is -1.32. The Bertz CT molecular complexity index is 462. The SMILES string of the molecule is CCC(C(=O)O)N(C)Cc1ccccc1OC(F)(F)F. The van der Waals surface area contributed by atoms with E-state index in [0.717, 1.165) is 0 Å². The molecule has 7 heteroatoms. The van der Waals surface area contributed by atoms with Crippen molar-refractivity contribution in [2.24, 2.45) is 0 Å². The van der Waals surface area contributed by atoms with E-state index < -0.39 is 18.4 Å². The van der Waals surface area contributed by atoms with Crippen molar-refractivity contribution in [3.63, 3.8) is 0 Å². The summed E-state index contributed by atoms with van der Waals surface area (Å²) in [7, 11) is 1.55. The van der Waals surface area contributed by atoms with E-state index in [1.54, 1.807) is 20.0 Å². The third-order valence-corrected chi connectivity index (χ3v) is 2.82. The first-order chi connectivity index (χ1) is 9.24. The zero-order valence-corrected chi connectivity index (χ0v) is 11.1. The van der Waals surface area contributed by atoms with Crippen LogP contribution in [0.5, 0.6) is 5.75 Å². The van der Waals surface area contributed by atoms with Crippen LogP contribution in [0.3, 0.4) is 0 Å². The van der Waals surface area contributed by atoms with Gasteiger partial charge in [-0.05, 0) is 19.5 Å². The van der Waals surface area contributed by atoms with Crippen LogP contribution in [0, 0.1) is 0 Å². The molecule has 0 aliphatic heterocycles. The van der Waals surface area contributed by atoms with Crippen molar-refractivity contribution in [2.45, 2.75) is 32.3 Å². The van der Waals surface area contributed by atoms with Gasteiger partial charge in [0, 0.05) is 12.1 Å². The minimum atomic E-state index is -4.77. The summed E-state index contributed by atoms with van der Waals surface area (Å²) >= 11 is 0. The number of aliphatic carboxylic acids is 1. The number of likely N-dealkylation sites (N-methyl/N-ethyl adjacent to an activating group) is 1. The molecule has 1 rings (SSSR count). The highest BCUT2D eigenvalue weighted by molar-refractivity contribution is 5.73. The second-order valence-electron chi connectivity index (χ2n) is 4.33. The van der Waals surface area contributed by atoms with Gasteiger partial charge in [0.1, 0.15) is 11.8 Å². The number of carboxylic acids is 1. The number of carbonyl (C=O) groups is 1. The van der Waals surface area contributed by atoms with Crippen molar-refractivity contribution < 1.29 is 27.8 Å². The van der Waals surface area contributed by atoms with E-state index in [1.807, 2.05) is 0 Å². The van der Waals surface area contributed by atoms with Gasteiger partial charge in [-0.2, -0.15) is 0 Å². The largest absolute Gasteiger partial charge is 0.573 e. The van der Waals surface area contributed by atoms with Gasteiger partial charge in [0.2, 0.25) is 0 Å². The Balaban J connectivity index is 2.89. The third-order valence-electron chi connectivity index (χ3n) is 2.82. The van der Waals surface area contributed by atoms with E-state index in [0.29, 0.717) is 6.42 Å². The van der Waals surface area contributed by atoms with Crippen molar-refractivity contribution in [2.75, 3.05) is 7.05 Å². The molecule has 0 amide bonds. The Morgan fingerprint density at radius 3 is 2.50 bits per heavy atom. The maximum Gasteiger partial charge on any atom is 0.573 e. The Morgan fingerprint density at radius 1 is 1.40 bits per heavy atom. The molecule has 112 valence electrons. The maximum atomic E-state index is 12.3. The predicted molar refractivity (Wildman–Crippen MR) is 66.3 cm³/mol. The smallest absolute Gasteiger partial charge is 0.480 e. The highest BCUT2D eigenvalue weighted by Gasteiger charge is 2.32. The minimum absolute atomic E-state index is 0.0526. The first-order valence-electron chi connectivity index (χ1n) is 6.01. The number of benzene rings is 1. The molecule has 4 nitrogen and oxygen atoms in total. The number of rotatable bonds is 6. The van der Waals surface area contributed by atoms with Crippen molar-refractivity contribution in [3.05, 3.63) is 29.8 Å². The molecule has 0 fully saturated rings. The third kappa shape index (κ3) is 4.73. The summed E-state index contributed by atoms with van der Waals surface area (Å²) in [5.41, 5.74) is 0.284. The van der Waals surface area contributed by atoms with Crippen LogP contribution in [0.1, 0.15) is 18.9 Å². The lowest BCUT2D eigenvalue weighted by Crippen LogP contribution is -2.37. The van der Waals surface area contributed by atoms with Gasteiger partial charge in [0.15, 0.2) is 0 Å². The van der Waals surface area contributed by atoms with Crippen LogP contribution in [0.2, 0.25) is 0 Å². The minimum Gasteiger partial charge on any atom is -0.480 e. The number of ether oxygens (including phenoxy) is 1. The maximum absolute atomic E-state index is 12.3. The summed E-state index contributed by atoms with van der Waals surface area (Å²) in [6, 6.07) is 4.94. The van der Waals surface area contributed by atoms with Crippen LogP contribution < -0.4 is 4.74 Å². The van der Waals surface area contributed by atoms with E-state index in [9.17, 15) is 18.0 Å². The number of carboxylic acid groups (broad SMARTS) is 1. The van der Waals surface area contributed by atoms with E-state index >= 15 is 0 Å². The van der Waals surface area contributed by atoms with Crippen molar-refractivity contribution in [1.82, 2.24) is 4.90 Å². The highest BCUT2D eigenvalue weighted by Crippen LogP contribution is 2.27. The molecule has 0 bridgehead atoms. The molecule has 20 heavy (non-hydrogen) atoms. The van der Waals surface area contributed by atoms with Crippen molar-refractivity contribution in [3.8, 4) is 5.75 Å². The van der Waals surface area contributed by atoms with Gasteiger partial charge in [0.05, 0.1) is 0 Å². The lowest BCUT2D eigenvalue weighted by atomic mass is 10.1. The molecule has 0 saturated heterocycles. The molecule has 0 aromatic heterocycles. The van der Waals surface area contributed by atoms with E-state index in [4.69, 9.17) is 5.11 Å². The second kappa shape index (κ2) is 6.60. The summed E-state index contributed by atoms with van der Waals surface area (Å²) < 4.78 is 40.8. The van der Waals surface area contributed by atoms with Crippen molar-refractivity contribution >= 4 is 5.97 Å². The first kappa shape index (κ1) is 16.3. The van der Waals surface area contributed by atoms with E-state index in [1.165, 1.54) is 23.1 Å². The van der Waals surface area contributed by atoms with Crippen LogP contribution >= 0.6 is 0 Å². The van der Waals surface area contributed by atoms with Crippen LogP contribution in [0.25, 0.3) is 0 Å². The normalized spacial score (nSPS) is 13.3. The van der Waals surface area contributed by atoms with Gasteiger partial charge in [-0.15, -0.1) is 13.2 Å². The monoisotopic (exact) mass is 291 g/mol. The zero-order valence-electron chi connectivity index (χ0n) is 11.1. The molecular weight excluding hydrogens is 275 g/mol. The van der Waals surface area contributed by atoms with Gasteiger partial charge in [-0.3, -0.25) is 9.69 Å².